The first-order chi connectivity index (χ1) is 18.7. The van der Waals surface area contributed by atoms with Crippen LogP contribution in [0.3, 0.4) is 0 Å². The van der Waals surface area contributed by atoms with Crippen molar-refractivity contribution in [2.75, 3.05) is 23.4 Å². The molecule has 0 atom stereocenters. The van der Waals surface area contributed by atoms with E-state index in [0.29, 0.717) is 59.1 Å². The highest BCUT2D eigenvalue weighted by molar-refractivity contribution is 14.1. The molecule has 0 unspecified atom stereocenters. The number of aromatic nitrogens is 3. The zero-order valence-corrected chi connectivity index (χ0v) is 25.0. The lowest BCUT2D eigenvalue weighted by molar-refractivity contribution is -0.165. The molecule has 40 heavy (non-hydrogen) atoms. The number of hydrogen-bond donors (Lipinski definition) is 1. The smallest absolute Gasteiger partial charge is 0.275 e. The normalized spacial score (nSPS) is 23.5. The number of carbonyl (C=O) groups excluding carboxylic acids is 1. The first kappa shape index (κ1) is 29.1. The number of nitrogens with zero attached hydrogens (tertiary/aromatic N) is 4. The minimum Gasteiger partial charge on any atom is -0.481 e. The maximum atomic E-state index is 15.2. The van der Waals surface area contributed by atoms with Crippen LogP contribution in [0.15, 0.2) is 18.3 Å². The summed E-state index contributed by atoms with van der Waals surface area (Å²) in [5, 5.41) is 3.51. The first-order valence-corrected chi connectivity index (χ1v) is 13.9. The Morgan fingerprint density at radius 1 is 1.20 bits per heavy atom. The number of nitrogens with one attached hydrogen (secondary N) is 1. The highest BCUT2D eigenvalue weighted by Crippen LogP contribution is 2.46. The van der Waals surface area contributed by atoms with Crippen LogP contribution < -0.4 is 17.9 Å². The molecule has 1 amide bonds. The SMILES string of the molecule is COc1ccc2ncc(F)c(CCC34CCC(NCc5nc6c(c(C)c5F)OCC(=O)N6I)(CC3)CO4)c2n1.Cl. The quantitative estimate of drug-likeness (QED) is 0.276. The average molecular weight is 688 g/mol. The van der Waals surface area contributed by atoms with Gasteiger partial charge in [0.25, 0.3) is 5.91 Å². The topological polar surface area (TPSA) is 98.7 Å². The summed E-state index contributed by atoms with van der Waals surface area (Å²) in [6, 6.07) is 3.50. The van der Waals surface area contributed by atoms with Crippen molar-refractivity contribution in [1.82, 2.24) is 20.3 Å². The fraction of sp³-hybridized carbons (Fsp3) is 0.481. The summed E-state index contributed by atoms with van der Waals surface area (Å²) in [6.45, 7) is 2.18. The maximum Gasteiger partial charge on any atom is 0.275 e. The van der Waals surface area contributed by atoms with E-state index >= 15 is 4.39 Å². The number of amides is 1. The molecule has 2 bridgehead atoms. The number of ether oxygens (including phenoxy) is 3. The molecule has 3 aromatic rings. The highest BCUT2D eigenvalue weighted by Gasteiger charge is 2.49. The molecule has 3 aliphatic heterocycles. The van der Waals surface area contributed by atoms with Gasteiger partial charge in [0.05, 0.1) is 65.1 Å². The number of carbonyl (C=O) groups is 1. The van der Waals surface area contributed by atoms with E-state index in [9.17, 15) is 9.18 Å². The molecular formula is C27H29ClF2IN5O4. The van der Waals surface area contributed by atoms with E-state index in [1.165, 1.54) is 16.4 Å². The zero-order chi connectivity index (χ0) is 27.4. The Kier molecular flexibility index (Phi) is 8.07. The summed E-state index contributed by atoms with van der Waals surface area (Å²) < 4.78 is 48.4. The molecule has 0 aromatic carbocycles. The van der Waals surface area contributed by atoms with Gasteiger partial charge in [-0.25, -0.2) is 21.9 Å². The molecule has 1 saturated carbocycles. The number of rotatable bonds is 7. The summed E-state index contributed by atoms with van der Waals surface area (Å²) in [4.78, 5) is 25.1. The van der Waals surface area contributed by atoms with Gasteiger partial charge < -0.3 is 19.5 Å². The van der Waals surface area contributed by atoms with Crippen molar-refractivity contribution in [1.29, 1.82) is 0 Å². The molecule has 214 valence electrons. The van der Waals surface area contributed by atoms with E-state index < -0.39 is 5.82 Å². The van der Waals surface area contributed by atoms with Crippen molar-refractivity contribution >= 4 is 58.0 Å². The molecule has 9 nitrogen and oxygen atoms in total. The lowest BCUT2D eigenvalue weighted by Gasteiger charge is -2.53. The molecule has 2 saturated heterocycles. The molecule has 1 aliphatic carbocycles. The fourth-order valence-electron chi connectivity index (χ4n) is 5.81. The largest absolute Gasteiger partial charge is 0.481 e. The van der Waals surface area contributed by atoms with Gasteiger partial charge in [0.2, 0.25) is 5.88 Å². The van der Waals surface area contributed by atoms with Gasteiger partial charge in [-0.05, 0) is 51.5 Å². The summed E-state index contributed by atoms with van der Waals surface area (Å²) >= 11 is 1.87. The molecule has 0 radical (unpaired) electrons. The Morgan fingerprint density at radius 2 is 1.98 bits per heavy atom. The second-order valence-electron chi connectivity index (χ2n) is 10.5. The summed E-state index contributed by atoms with van der Waals surface area (Å²) in [5.41, 5.74) is 1.62. The molecular weight excluding hydrogens is 659 g/mol. The van der Waals surface area contributed by atoms with Crippen LogP contribution in [0.1, 0.15) is 48.9 Å². The number of halogens is 4. The lowest BCUT2D eigenvalue weighted by Crippen LogP contribution is -2.61. The van der Waals surface area contributed by atoms with Crippen molar-refractivity contribution < 1.29 is 27.8 Å². The second-order valence-corrected chi connectivity index (χ2v) is 11.5. The Morgan fingerprint density at radius 3 is 2.67 bits per heavy atom. The number of methoxy groups -OCH3 is 1. The third kappa shape index (κ3) is 5.07. The van der Waals surface area contributed by atoms with E-state index in [0.717, 1.165) is 25.7 Å². The van der Waals surface area contributed by atoms with Gasteiger partial charge in [0, 0.05) is 29.3 Å². The molecule has 13 heteroatoms. The standard InChI is InChI=1S/C27H28F2IN5O4.ClH/c1-15-22(29)19(33-25-24(15)38-13-21(36)35(25)30)12-32-26-7-9-27(10-8-26,39-14-26)6-5-16-17(28)11-31-18-3-4-20(37-2)34-23(16)18;/h3-4,11,32H,5-10,12-14H2,1-2H3;1H. The van der Waals surface area contributed by atoms with E-state index in [1.807, 2.05) is 22.9 Å². The van der Waals surface area contributed by atoms with E-state index in [1.54, 1.807) is 19.1 Å². The second kappa shape index (κ2) is 11.1. The van der Waals surface area contributed by atoms with Gasteiger partial charge in [0.15, 0.2) is 24.0 Å². The molecule has 0 spiro atoms. The number of pyridine rings is 3. The minimum absolute atomic E-state index is 0. The Bertz CT molecular complexity index is 1450. The van der Waals surface area contributed by atoms with Crippen molar-refractivity contribution in [2.24, 2.45) is 0 Å². The fourth-order valence-corrected chi connectivity index (χ4v) is 6.28. The Labute approximate surface area is 250 Å². The molecule has 3 aromatic heterocycles. The van der Waals surface area contributed by atoms with Crippen molar-refractivity contribution in [2.45, 2.75) is 63.1 Å². The van der Waals surface area contributed by atoms with Crippen LogP contribution in [-0.4, -0.2) is 52.3 Å². The summed E-state index contributed by atoms with van der Waals surface area (Å²) in [5.74, 6) is -0.00514. The van der Waals surface area contributed by atoms with Gasteiger partial charge in [0.1, 0.15) is 5.82 Å². The van der Waals surface area contributed by atoms with Gasteiger partial charge in [-0.2, -0.15) is 0 Å². The third-order valence-electron chi connectivity index (χ3n) is 8.30. The average Bonchev–Trinajstić information content (AvgIpc) is 2.96. The summed E-state index contributed by atoms with van der Waals surface area (Å²) in [6.07, 6.45) is 5.71. The van der Waals surface area contributed by atoms with Crippen LogP contribution in [0.4, 0.5) is 14.6 Å². The summed E-state index contributed by atoms with van der Waals surface area (Å²) in [7, 11) is 1.53. The van der Waals surface area contributed by atoms with E-state index in [4.69, 9.17) is 14.2 Å². The van der Waals surface area contributed by atoms with E-state index in [-0.39, 0.29) is 54.1 Å². The van der Waals surface area contributed by atoms with Gasteiger partial charge >= 0.3 is 0 Å². The minimum atomic E-state index is -0.435. The number of aryl methyl sites for hydroxylation is 1. The van der Waals surface area contributed by atoms with Crippen molar-refractivity contribution in [3.63, 3.8) is 0 Å². The van der Waals surface area contributed by atoms with Crippen LogP contribution in [0.2, 0.25) is 0 Å². The van der Waals surface area contributed by atoms with Crippen LogP contribution >= 0.6 is 35.3 Å². The molecule has 6 heterocycles. The molecule has 3 fully saturated rings. The van der Waals surface area contributed by atoms with Crippen LogP contribution in [0.5, 0.6) is 11.6 Å². The predicted octanol–water partition coefficient (Wildman–Crippen LogP) is 4.92. The third-order valence-corrected chi connectivity index (χ3v) is 9.29. The number of anilines is 1. The zero-order valence-electron chi connectivity index (χ0n) is 22.1. The predicted molar refractivity (Wildman–Crippen MR) is 154 cm³/mol. The van der Waals surface area contributed by atoms with Gasteiger partial charge in [-0.15, -0.1) is 12.4 Å². The Balaban J connectivity index is 0.00000323. The van der Waals surface area contributed by atoms with Crippen molar-refractivity contribution in [3.8, 4) is 11.6 Å². The Hall–Kier alpha value is -2.42. The van der Waals surface area contributed by atoms with Crippen molar-refractivity contribution in [3.05, 3.63) is 46.8 Å². The lowest BCUT2D eigenvalue weighted by atomic mass is 9.69. The van der Waals surface area contributed by atoms with Gasteiger partial charge in [-0.1, -0.05) is 0 Å². The van der Waals surface area contributed by atoms with Crippen LogP contribution in [0, 0.1) is 18.6 Å². The van der Waals surface area contributed by atoms with Crippen LogP contribution in [0.25, 0.3) is 11.0 Å². The molecule has 1 N–H and O–H groups in total. The maximum absolute atomic E-state index is 15.2. The molecule has 4 aliphatic rings. The van der Waals surface area contributed by atoms with E-state index in [2.05, 4.69) is 20.3 Å². The highest BCUT2D eigenvalue weighted by atomic mass is 127. The number of fused-ring (bicyclic) bond motifs is 5. The number of hydrogen-bond acceptors (Lipinski definition) is 8. The van der Waals surface area contributed by atoms with Crippen LogP contribution in [-0.2, 0) is 22.5 Å². The molecule has 7 rings (SSSR count). The van der Waals surface area contributed by atoms with Gasteiger partial charge in [-0.3, -0.25) is 9.78 Å². The monoisotopic (exact) mass is 687 g/mol. The first-order valence-electron chi connectivity index (χ1n) is 12.9.